The van der Waals surface area contributed by atoms with Gasteiger partial charge < -0.3 is 33.6 Å². The number of fused-ring (bicyclic) bond motifs is 1. The molecule has 3 heterocycles. The third-order valence-electron chi connectivity index (χ3n) is 6.57. The van der Waals surface area contributed by atoms with E-state index in [1.807, 2.05) is 26.8 Å². The predicted octanol–water partition coefficient (Wildman–Crippen LogP) is 3.67. The highest BCUT2D eigenvalue weighted by atomic mass is 16.7. The number of aryl methyl sites for hydroxylation is 1. The van der Waals surface area contributed by atoms with E-state index in [9.17, 15) is 9.59 Å². The van der Waals surface area contributed by atoms with Gasteiger partial charge >= 0.3 is 0 Å². The fourth-order valence-corrected chi connectivity index (χ4v) is 4.64. The lowest BCUT2D eigenvalue weighted by molar-refractivity contribution is -0.143. The summed E-state index contributed by atoms with van der Waals surface area (Å²) in [5, 5.41) is 15.6. The molecule has 1 aliphatic heterocycles. The van der Waals surface area contributed by atoms with Crippen molar-refractivity contribution in [1.82, 2.24) is 30.4 Å². The first-order valence-corrected chi connectivity index (χ1v) is 13.6. The molecular weight excluding hydrogens is 556 g/mol. The van der Waals surface area contributed by atoms with E-state index < -0.39 is 23.4 Å². The lowest BCUT2D eigenvalue weighted by Crippen LogP contribution is -2.49. The maximum atomic E-state index is 14.1. The van der Waals surface area contributed by atoms with Crippen LogP contribution in [0.15, 0.2) is 52.9 Å². The molecule has 2 amide bonds. The van der Waals surface area contributed by atoms with E-state index in [0.29, 0.717) is 45.9 Å². The fourth-order valence-electron chi connectivity index (χ4n) is 4.64. The van der Waals surface area contributed by atoms with Crippen molar-refractivity contribution in [2.24, 2.45) is 0 Å². The van der Waals surface area contributed by atoms with Gasteiger partial charge in [0.15, 0.2) is 29.0 Å². The van der Waals surface area contributed by atoms with Crippen molar-refractivity contribution in [3.05, 3.63) is 65.6 Å². The number of furan rings is 1. The maximum Gasteiger partial charge on any atom is 0.251 e. The Bertz CT molecular complexity index is 1620. The third kappa shape index (κ3) is 6.71. The van der Waals surface area contributed by atoms with Crippen molar-refractivity contribution in [3.8, 4) is 34.4 Å². The van der Waals surface area contributed by atoms with Gasteiger partial charge in [-0.1, -0.05) is 6.07 Å². The molecule has 1 atom stereocenters. The van der Waals surface area contributed by atoms with Gasteiger partial charge in [-0.2, -0.15) is 4.80 Å². The van der Waals surface area contributed by atoms with Gasteiger partial charge in [-0.05, 0) is 80.9 Å². The molecule has 4 aromatic rings. The fraction of sp³-hybridized carbons (Fsp3) is 0.367. The van der Waals surface area contributed by atoms with Crippen LogP contribution in [0.4, 0.5) is 0 Å². The summed E-state index contributed by atoms with van der Waals surface area (Å²) in [6.07, 6.45) is 0. The smallest absolute Gasteiger partial charge is 0.251 e. The first-order chi connectivity index (χ1) is 20.5. The summed E-state index contributed by atoms with van der Waals surface area (Å²) < 4.78 is 27.6. The zero-order valence-electron chi connectivity index (χ0n) is 24.9. The highest BCUT2D eigenvalue weighted by molar-refractivity contribution is 5.88. The van der Waals surface area contributed by atoms with Crippen LogP contribution in [-0.2, 0) is 22.7 Å². The van der Waals surface area contributed by atoms with Crippen LogP contribution in [0.2, 0.25) is 0 Å². The Hall–Kier alpha value is -5.07. The Balaban J connectivity index is 1.48. The lowest BCUT2D eigenvalue weighted by atomic mass is 10.1. The number of aromatic nitrogens is 4. The van der Waals surface area contributed by atoms with Crippen molar-refractivity contribution in [1.29, 1.82) is 0 Å². The molecule has 0 saturated carbocycles. The molecule has 1 N–H and O–H groups in total. The molecular formula is C30H34N6O7. The Morgan fingerprint density at radius 2 is 1.79 bits per heavy atom. The number of benzene rings is 2. The lowest BCUT2D eigenvalue weighted by Gasteiger charge is -2.32. The monoisotopic (exact) mass is 590 g/mol. The summed E-state index contributed by atoms with van der Waals surface area (Å²) in [6.45, 7) is 7.28. The number of amides is 2. The molecule has 0 aliphatic carbocycles. The van der Waals surface area contributed by atoms with E-state index in [1.165, 1.54) is 16.8 Å². The summed E-state index contributed by atoms with van der Waals surface area (Å²) in [6, 6.07) is 13.0. The SMILES string of the molecule is COc1ccc(-c2nnn(CC(=O)N(Cc3ccc4c(c3)OCO4)[C@@H](C(=O)NC(C)(C)C)c3ccc(C)o3)n2)cc1OC. The molecule has 13 nitrogen and oxygen atoms in total. The van der Waals surface area contributed by atoms with Gasteiger partial charge in [0.1, 0.15) is 18.1 Å². The molecule has 1 aliphatic rings. The first kappa shape index (κ1) is 29.4. The first-order valence-electron chi connectivity index (χ1n) is 13.6. The average molecular weight is 591 g/mol. The normalized spacial score (nSPS) is 13.0. The Morgan fingerprint density at radius 1 is 1.02 bits per heavy atom. The molecule has 226 valence electrons. The second-order valence-corrected chi connectivity index (χ2v) is 11.0. The average Bonchev–Trinajstić information content (AvgIpc) is 3.72. The molecule has 0 fully saturated rings. The van der Waals surface area contributed by atoms with Gasteiger partial charge in [0, 0.05) is 17.6 Å². The van der Waals surface area contributed by atoms with Gasteiger partial charge in [-0.15, -0.1) is 10.2 Å². The standard InChI is InChI=1S/C30H34N6O7/c1-18-7-10-23(43-18)27(29(38)31-30(2,3)4)35(15-19-8-11-22-25(13-19)42-17-41-22)26(37)16-36-33-28(32-34-36)20-9-12-21(39-5)24(14-20)40-6/h7-14,27H,15-17H2,1-6H3,(H,31,38)/t27-/m1/s1. The zero-order valence-corrected chi connectivity index (χ0v) is 24.9. The number of methoxy groups -OCH3 is 2. The second-order valence-electron chi connectivity index (χ2n) is 11.0. The summed E-state index contributed by atoms with van der Waals surface area (Å²) in [4.78, 5) is 30.4. The zero-order chi connectivity index (χ0) is 30.7. The van der Waals surface area contributed by atoms with E-state index in [0.717, 1.165) is 5.56 Å². The molecule has 2 aromatic heterocycles. The minimum Gasteiger partial charge on any atom is -0.493 e. The van der Waals surface area contributed by atoms with Crippen LogP contribution < -0.4 is 24.3 Å². The van der Waals surface area contributed by atoms with Crippen molar-refractivity contribution < 1.29 is 33.0 Å². The maximum absolute atomic E-state index is 14.1. The molecule has 0 spiro atoms. The van der Waals surface area contributed by atoms with Crippen molar-refractivity contribution >= 4 is 11.8 Å². The molecule has 43 heavy (non-hydrogen) atoms. The predicted molar refractivity (Wildman–Crippen MR) is 154 cm³/mol. The number of hydrogen-bond acceptors (Lipinski definition) is 10. The molecule has 0 radical (unpaired) electrons. The quantitative estimate of drug-likeness (QED) is 0.291. The second kappa shape index (κ2) is 12.0. The third-order valence-corrected chi connectivity index (χ3v) is 6.57. The largest absolute Gasteiger partial charge is 0.493 e. The van der Waals surface area contributed by atoms with Crippen molar-refractivity contribution in [2.45, 2.75) is 52.4 Å². The van der Waals surface area contributed by atoms with Gasteiger partial charge in [0.25, 0.3) is 5.91 Å². The highest BCUT2D eigenvalue weighted by Crippen LogP contribution is 2.34. The number of rotatable bonds is 10. The molecule has 0 bridgehead atoms. The molecule has 0 unspecified atom stereocenters. The van der Waals surface area contributed by atoms with E-state index in [2.05, 4.69) is 20.7 Å². The number of nitrogens with one attached hydrogen (secondary N) is 1. The van der Waals surface area contributed by atoms with Crippen LogP contribution in [0.3, 0.4) is 0 Å². The highest BCUT2D eigenvalue weighted by Gasteiger charge is 2.36. The van der Waals surface area contributed by atoms with Crippen molar-refractivity contribution in [2.75, 3.05) is 21.0 Å². The number of hydrogen-bond donors (Lipinski definition) is 1. The number of carbonyl (C=O) groups excluding carboxylic acids is 2. The Kier molecular flexibility index (Phi) is 8.24. The minimum absolute atomic E-state index is 0.0642. The number of nitrogens with zero attached hydrogens (tertiary/aromatic N) is 5. The van der Waals surface area contributed by atoms with E-state index in [4.69, 9.17) is 23.4 Å². The van der Waals surface area contributed by atoms with Gasteiger partial charge in [0.2, 0.25) is 18.5 Å². The van der Waals surface area contributed by atoms with E-state index in [1.54, 1.807) is 56.5 Å². The molecule has 2 aromatic carbocycles. The Labute approximate surface area is 248 Å². The summed E-state index contributed by atoms with van der Waals surface area (Å²) in [5.74, 6) is 2.63. The van der Waals surface area contributed by atoms with Crippen LogP contribution in [0.5, 0.6) is 23.0 Å². The molecule has 13 heteroatoms. The van der Waals surface area contributed by atoms with Crippen LogP contribution in [0.25, 0.3) is 11.4 Å². The summed E-state index contributed by atoms with van der Waals surface area (Å²) in [7, 11) is 3.08. The van der Waals surface area contributed by atoms with Crippen molar-refractivity contribution in [3.63, 3.8) is 0 Å². The van der Waals surface area contributed by atoms with E-state index in [-0.39, 0.29) is 19.9 Å². The number of tetrazole rings is 1. The number of carbonyl (C=O) groups is 2. The van der Waals surface area contributed by atoms with Gasteiger partial charge in [-0.3, -0.25) is 9.59 Å². The topological polar surface area (TPSA) is 143 Å². The molecule has 0 saturated heterocycles. The Morgan fingerprint density at radius 3 is 2.49 bits per heavy atom. The number of ether oxygens (including phenoxy) is 4. The minimum atomic E-state index is -1.08. The summed E-state index contributed by atoms with van der Waals surface area (Å²) >= 11 is 0. The summed E-state index contributed by atoms with van der Waals surface area (Å²) in [5.41, 5.74) is 0.792. The van der Waals surface area contributed by atoms with Gasteiger partial charge in [-0.25, -0.2) is 0 Å². The van der Waals surface area contributed by atoms with Crippen LogP contribution in [0.1, 0.15) is 43.9 Å². The van der Waals surface area contributed by atoms with Crippen LogP contribution >= 0.6 is 0 Å². The molecule has 5 rings (SSSR count). The van der Waals surface area contributed by atoms with Crippen LogP contribution in [0, 0.1) is 6.92 Å². The van der Waals surface area contributed by atoms with Gasteiger partial charge in [0.05, 0.1) is 14.2 Å². The van der Waals surface area contributed by atoms with E-state index >= 15 is 0 Å². The van der Waals surface area contributed by atoms with Crippen LogP contribution in [-0.4, -0.2) is 63.5 Å².